The molecule has 0 saturated heterocycles. The molecule has 0 aromatic heterocycles. The second-order valence-corrected chi connectivity index (χ2v) is 6.48. The van der Waals surface area contributed by atoms with Crippen molar-refractivity contribution in [2.24, 2.45) is 5.73 Å². The first-order chi connectivity index (χ1) is 10.3. The Morgan fingerprint density at radius 1 is 1.27 bits per heavy atom. The number of unbranched alkanes of at least 4 members (excludes halogenated alkanes) is 1. The van der Waals surface area contributed by atoms with Crippen molar-refractivity contribution in [1.82, 2.24) is 5.32 Å². The zero-order valence-corrected chi connectivity index (χ0v) is 13.7. The molecule has 1 atom stereocenters. The van der Waals surface area contributed by atoms with Crippen molar-refractivity contribution in [1.29, 1.82) is 0 Å². The Kier molecular flexibility index (Phi) is 6.35. The van der Waals surface area contributed by atoms with Crippen molar-refractivity contribution in [3.63, 3.8) is 0 Å². The number of nitrogens with two attached hydrogens (primary N) is 1. The molecule has 0 unspecified atom stereocenters. The maximum Gasteiger partial charge on any atom is 0.251 e. The van der Waals surface area contributed by atoms with Crippen LogP contribution < -0.4 is 11.1 Å². The van der Waals surface area contributed by atoms with E-state index in [0.29, 0.717) is 12.0 Å². The van der Waals surface area contributed by atoms with Gasteiger partial charge in [-0.3, -0.25) is 9.59 Å². The number of allylic oxidation sites excluding steroid dienone is 1. The first-order valence-corrected chi connectivity index (χ1v) is 7.57. The number of hydrogen-bond donors (Lipinski definition) is 2. The fourth-order valence-electron chi connectivity index (χ4n) is 2.12. The summed E-state index contributed by atoms with van der Waals surface area (Å²) in [6.07, 6.45) is 3.86. The second kappa shape index (κ2) is 7.78. The second-order valence-electron chi connectivity index (χ2n) is 6.48. The van der Waals surface area contributed by atoms with Gasteiger partial charge in [-0.05, 0) is 42.4 Å². The van der Waals surface area contributed by atoms with Gasteiger partial charge in [0.15, 0.2) is 0 Å². The summed E-state index contributed by atoms with van der Waals surface area (Å²) in [7, 11) is 0. The van der Waals surface area contributed by atoms with E-state index in [0.717, 1.165) is 18.4 Å². The monoisotopic (exact) mass is 302 g/mol. The van der Waals surface area contributed by atoms with Crippen LogP contribution in [0.5, 0.6) is 0 Å². The highest BCUT2D eigenvalue weighted by molar-refractivity contribution is 5.97. The summed E-state index contributed by atoms with van der Waals surface area (Å²) >= 11 is 0. The highest BCUT2D eigenvalue weighted by Gasteiger charge is 2.19. The Hall–Kier alpha value is -2.10. The molecule has 0 aliphatic heterocycles. The molecular weight excluding hydrogens is 276 g/mol. The third-order valence-electron chi connectivity index (χ3n) is 3.56. The number of hydrogen-bond acceptors (Lipinski definition) is 2. The number of nitrogens with one attached hydrogen (secondary N) is 1. The van der Waals surface area contributed by atoms with Crippen LogP contribution in [0.2, 0.25) is 0 Å². The number of carbonyl (C=O) groups is 2. The quantitative estimate of drug-likeness (QED) is 0.600. The largest absolute Gasteiger partial charge is 0.368 e. The molecule has 4 nitrogen and oxygen atoms in total. The number of rotatable bonds is 7. The number of primary amides is 1. The highest BCUT2D eigenvalue weighted by Crippen LogP contribution is 2.22. The molecule has 0 aliphatic carbocycles. The fraction of sp³-hybridized carbons (Fsp3) is 0.444. The van der Waals surface area contributed by atoms with Gasteiger partial charge in [-0.25, -0.2) is 0 Å². The maximum atomic E-state index is 12.2. The van der Waals surface area contributed by atoms with Crippen LogP contribution in [-0.2, 0) is 10.2 Å². The first-order valence-electron chi connectivity index (χ1n) is 7.57. The molecule has 1 rings (SSSR count). The van der Waals surface area contributed by atoms with Crippen LogP contribution in [-0.4, -0.2) is 17.9 Å². The van der Waals surface area contributed by atoms with Crippen molar-refractivity contribution < 1.29 is 9.59 Å². The van der Waals surface area contributed by atoms with E-state index in [1.54, 1.807) is 18.2 Å². The first kappa shape index (κ1) is 18.0. The minimum atomic E-state index is -0.644. The van der Waals surface area contributed by atoms with Crippen molar-refractivity contribution in [2.75, 3.05) is 0 Å². The molecule has 0 bridgehead atoms. The Labute approximate surface area is 132 Å². The van der Waals surface area contributed by atoms with E-state index in [-0.39, 0.29) is 11.3 Å². The average Bonchev–Trinajstić information content (AvgIpc) is 2.45. The fourth-order valence-corrected chi connectivity index (χ4v) is 2.12. The van der Waals surface area contributed by atoms with Crippen LogP contribution >= 0.6 is 0 Å². The summed E-state index contributed by atoms with van der Waals surface area (Å²) in [5.41, 5.74) is 7.07. The average molecular weight is 302 g/mol. The molecule has 0 saturated carbocycles. The summed E-state index contributed by atoms with van der Waals surface area (Å²) in [6, 6.07) is 6.78. The van der Waals surface area contributed by atoms with Crippen molar-refractivity contribution in [3.05, 3.63) is 48.0 Å². The lowest BCUT2D eigenvalue weighted by molar-refractivity contribution is -0.120. The lowest BCUT2D eigenvalue weighted by atomic mass is 9.86. The van der Waals surface area contributed by atoms with Gasteiger partial charge < -0.3 is 11.1 Å². The predicted molar refractivity (Wildman–Crippen MR) is 89.6 cm³/mol. The molecule has 0 aliphatic rings. The van der Waals surface area contributed by atoms with E-state index in [4.69, 9.17) is 5.73 Å². The smallest absolute Gasteiger partial charge is 0.251 e. The minimum Gasteiger partial charge on any atom is -0.368 e. The van der Waals surface area contributed by atoms with Crippen LogP contribution in [0.25, 0.3) is 0 Å². The Balaban J connectivity index is 2.73. The third-order valence-corrected chi connectivity index (χ3v) is 3.56. The SMILES string of the molecule is C=CCCC[C@@H](NC(=O)c1ccc(C(C)(C)C)cc1)C(N)=O. The summed E-state index contributed by atoms with van der Waals surface area (Å²) in [4.78, 5) is 23.6. The minimum absolute atomic E-state index is 0.0372. The van der Waals surface area contributed by atoms with E-state index in [1.807, 2.05) is 12.1 Å². The van der Waals surface area contributed by atoms with Crippen LogP contribution in [0, 0.1) is 0 Å². The van der Waals surface area contributed by atoms with Gasteiger partial charge in [0.05, 0.1) is 0 Å². The van der Waals surface area contributed by atoms with Crippen LogP contribution in [0.15, 0.2) is 36.9 Å². The normalized spacial score (nSPS) is 12.5. The highest BCUT2D eigenvalue weighted by atomic mass is 16.2. The Morgan fingerprint density at radius 3 is 2.32 bits per heavy atom. The van der Waals surface area contributed by atoms with Crippen molar-refractivity contribution >= 4 is 11.8 Å². The lowest BCUT2D eigenvalue weighted by Gasteiger charge is -2.19. The molecule has 120 valence electrons. The van der Waals surface area contributed by atoms with E-state index in [1.165, 1.54) is 0 Å². The molecule has 1 aromatic carbocycles. The van der Waals surface area contributed by atoms with Gasteiger partial charge in [0.25, 0.3) is 5.91 Å². The predicted octanol–water partition coefficient (Wildman–Crippen LogP) is 2.92. The van der Waals surface area contributed by atoms with Gasteiger partial charge in [0.1, 0.15) is 6.04 Å². The summed E-state index contributed by atoms with van der Waals surface area (Å²) in [5.74, 6) is -0.786. The summed E-state index contributed by atoms with van der Waals surface area (Å²) in [5, 5.41) is 2.70. The Bertz CT molecular complexity index is 527. The van der Waals surface area contributed by atoms with E-state index >= 15 is 0 Å². The zero-order valence-electron chi connectivity index (χ0n) is 13.7. The summed E-state index contributed by atoms with van der Waals surface area (Å²) in [6.45, 7) is 9.98. The number of benzene rings is 1. The number of carbonyl (C=O) groups excluding carboxylic acids is 2. The van der Waals surface area contributed by atoms with E-state index < -0.39 is 11.9 Å². The molecule has 0 radical (unpaired) electrons. The standard InChI is InChI=1S/C18H26N2O2/c1-5-6-7-8-15(16(19)21)20-17(22)13-9-11-14(12-10-13)18(2,3)4/h5,9-12,15H,1,6-8H2,2-4H3,(H2,19,21)(H,20,22)/t15-/m1/s1. The lowest BCUT2D eigenvalue weighted by Crippen LogP contribution is -2.44. The molecule has 0 heterocycles. The van der Waals surface area contributed by atoms with Crippen molar-refractivity contribution in [3.8, 4) is 0 Å². The van der Waals surface area contributed by atoms with Gasteiger partial charge in [-0.1, -0.05) is 39.0 Å². The molecule has 22 heavy (non-hydrogen) atoms. The van der Waals surface area contributed by atoms with Crippen LogP contribution in [0.3, 0.4) is 0 Å². The van der Waals surface area contributed by atoms with Gasteiger partial charge in [-0.2, -0.15) is 0 Å². The van der Waals surface area contributed by atoms with Crippen molar-refractivity contribution in [2.45, 2.75) is 51.5 Å². The molecule has 0 fully saturated rings. The van der Waals surface area contributed by atoms with E-state index in [9.17, 15) is 9.59 Å². The molecule has 1 aromatic rings. The van der Waals surface area contributed by atoms with Gasteiger partial charge in [0, 0.05) is 5.56 Å². The zero-order chi connectivity index (χ0) is 16.8. The van der Waals surface area contributed by atoms with Gasteiger partial charge in [-0.15, -0.1) is 6.58 Å². The van der Waals surface area contributed by atoms with Crippen LogP contribution in [0.1, 0.15) is 56.0 Å². The molecule has 4 heteroatoms. The molecule has 2 amide bonds. The molecular formula is C18H26N2O2. The third kappa shape index (κ3) is 5.35. The van der Waals surface area contributed by atoms with Gasteiger partial charge >= 0.3 is 0 Å². The van der Waals surface area contributed by atoms with Gasteiger partial charge in [0.2, 0.25) is 5.91 Å². The topological polar surface area (TPSA) is 72.2 Å². The maximum absolute atomic E-state index is 12.2. The molecule has 0 spiro atoms. The number of amides is 2. The van der Waals surface area contributed by atoms with E-state index in [2.05, 4.69) is 32.7 Å². The summed E-state index contributed by atoms with van der Waals surface area (Å²) < 4.78 is 0. The van der Waals surface area contributed by atoms with Crippen LogP contribution in [0.4, 0.5) is 0 Å². The molecule has 3 N–H and O–H groups in total. The Morgan fingerprint density at radius 2 is 1.86 bits per heavy atom.